The Morgan fingerprint density at radius 1 is 1.29 bits per heavy atom. The first kappa shape index (κ1) is 15.1. The van der Waals surface area contributed by atoms with Crippen molar-refractivity contribution < 1.29 is 17.6 Å². The summed E-state index contributed by atoms with van der Waals surface area (Å²) in [7, 11) is -3.89. The Hall–Kier alpha value is -2.32. The average molecular weight is 309 g/mol. The monoisotopic (exact) mass is 309 g/mol. The van der Waals surface area contributed by atoms with Gasteiger partial charge < -0.3 is 5.32 Å². The van der Waals surface area contributed by atoms with Crippen LogP contribution in [0.5, 0.6) is 0 Å². The number of halogens is 1. The zero-order valence-corrected chi connectivity index (χ0v) is 11.8. The number of carbonyl (C=O) groups excluding carboxylic acids is 1. The van der Waals surface area contributed by atoms with E-state index in [0.717, 1.165) is 6.07 Å². The Bertz CT molecular complexity index is 806. The van der Waals surface area contributed by atoms with Crippen molar-refractivity contribution in [3.8, 4) is 0 Å². The number of primary sulfonamides is 1. The van der Waals surface area contributed by atoms with Crippen molar-refractivity contribution in [1.29, 1.82) is 0 Å². The fourth-order valence-corrected chi connectivity index (χ4v) is 2.52. The van der Waals surface area contributed by atoms with Gasteiger partial charge in [-0.15, -0.1) is 0 Å². The van der Waals surface area contributed by atoms with Gasteiger partial charge >= 0.3 is 0 Å². The summed E-state index contributed by atoms with van der Waals surface area (Å²) in [6.07, 6.45) is 0. The lowest BCUT2D eigenvalue weighted by Gasteiger charge is -2.08. The summed E-state index contributed by atoms with van der Waals surface area (Å²) in [6.45, 7) is 1.58. The smallest absolute Gasteiger partial charge is 0.274 e. The highest BCUT2D eigenvalue weighted by atomic mass is 32.2. The summed E-state index contributed by atoms with van der Waals surface area (Å²) < 4.78 is 35.8. The minimum Gasteiger partial charge on any atom is -0.321 e. The molecule has 8 heteroatoms. The van der Waals surface area contributed by atoms with Crippen LogP contribution >= 0.6 is 0 Å². The van der Waals surface area contributed by atoms with Crippen LogP contribution in [0.3, 0.4) is 0 Å². The third-order valence-corrected chi connectivity index (χ3v) is 3.75. The zero-order valence-electron chi connectivity index (χ0n) is 11.0. The van der Waals surface area contributed by atoms with E-state index >= 15 is 0 Å². The number of hydrogen-bond acceptors (Lipinski definition) is 4. The van der Waals surface area contributed by atoms with Crippen molar-refractivity contribution in [3.05, 3.63) is 53.6 Å². The van der Waals surface area contributed by atoms with Gasteiger partial charge in [-0.25, -0.2) is 18.5 Å². The van der Waals surface area contributed by atoms with Crippen LogP contribution in [0.4, 0.5) is 10.1 Å². The quantitative estimate of drug-likeness (QED) is 0.837. The summed E-state index contributed by atoms with van der Waals surface area (Å²) in [4.78, 5) is 15.2. The van der Waals surface area contributed by atoms with E-state index in [2.05, 4.69) is 10.3 Å². The number of carbonyl (C=O) groups is 1. The van der Waals surface area contributed by atoms with E-state index in [1.807, 2.05) is 0 Å². The van der Waals surface area contributed by atoms with Crippen molar-refractivity contribution in [2.24, 2.45) is 5.14 Å². The third-order valence-electron chi connectivity index (χ3n) is 2.70. The maximum Gasteiger partial charge on any atom is 0.274 e. The predicted molar refractivity (Wildman–Crippen MR) is 74.7 cm³/mol. The molecule has 1 heterocycles. The summed E-state index contributed by atoms with van der Waals surface area (Å²) in [5, 5.41) is 7.52. The number of nitrogens with one attached hydrogen (secondary N) is 1. The highest BCUT2D eigenvalue weighted by Crippen LogP contribution is 2.19. The van der Waals surface area contributed by atoms with Crippen molar-refractivity contribution in [2.75, 3.05) is 5.32 Å². The lowest BCUT2D eigenvalue weighted by molar-refractivity contribution is 0.102. The van der Waals surface area contributed by atoms with Crippen LogP contribution < -0.4 is 10.5 Å². The Kier molecular flexibility index (Phi) is 4.01. The van der Waals surface area contributed by atoms with E-state index in [9.17, 15) is 17.6 Å². The van der Waals surface area contributed by atoms with E-state index in [1.54, 1.807) is 6.92 Å². The van der Waals surface area contributed by atoms with Gasteiger partial charge in [0.25, 0.3) is 5.91 Å². The molecule has 2 aromatic rings. The highest BCUT2D eigenvalue weighted by molar-refractivity contribution is 7.89. The molecule has 2 rings (SSSR count). The van der Waals surface area contributed by atoms with Crippen LogP contribution in [0.2, 0.25) is 0 Å². The van der Waals surface area contributed by atoms with Crippen LogP contribution in [0.25, 0.3) is 0 Å². The van der Waals surface area contributed by atoms with Crippen LogP contribution in [0.15, 0.2) is 41.3 Å². The maximum atomic E-state index is 13.0. The predicted octanol–water partition coefficient (Wildman–Crippen LogP) is 1.43. The number of rotatable bonds is 3. The first-order valence-electron chi connectivity index (χ1n) is 5.85. The molecule has 21 heavy (non-hydrogen) atoms. The van der Waals surface area contributed by atoms with Crippen LogP contribution in [0, 0.1) is 12.9 Å². The molecular weight excluding hydrogens is 297 g/mol. The first-order chi connectivity index (χ1) is 9.77. The molecule has 0 spiro atoms. The molecule has 0 atom stereocenters. The number of nitrogens with zero attached hydrogens (tertiary/aromatic N) is 1. The molecule has 0 radical (unpaired) electrons. The number of sulfonamides is 1. The summed E-state index contributed by atoms with van der Waals surface area (Å²) >= 11 is 0. The Morgan fingerprint density at radius 2 is 2.00 bits per heavy atom. The number of pyridine rings is 1. The largest absolute Gasteiger partial charge is 0.321 e. The normalized spacial score (nSPS) is 11.2. The number of nitrogens with two attached hydrogens (primary N) is 1. The van der Waals surface area contributed by atoms with Gasteiger partial charge in [0.1, 0.15) is 5.69 Å². The molecule has 0 fully saturated rings. The van der Waals surface area contributed by atoms with E-state index in [0.29, 0.717) is 5.56 Å². The van der Waals surface area contributed by atoms with Gasteiger partial charge in [0.2, 0.25) is 16.0 Å². The molecule has 0 unspecified atom stereocenters. The molecule has 0 bridgehead atoms. The third kappa shape index (κ3) is 3.61. The van der Waals surface area contributed by atoms with Crippen LogP contribution in [0.1, 0.15) is 16.1 Å². The molecule has 1 amide bonds. The molecule has 0 saturated heterocycles. The van der Waals surface area contributed by atoms with Crippen molar-refractivity contribution >= 4 is 21.6 Å². The zero-order chi connectivity index (χ0) is 15.6. The van der Waals surface area contributed by atoms with Crippen LogP contribution in [-0.4, -0.2) is 19.3 Å². The van der Waals surface area contributed by atoms with E-state index in [4.69, 9.17) is 5.14 Å². The number of hydrogen-bond donors (Lipinski definition) is 2. The van der Waals surface area contributed by atoms with Crippen molar-refractivity contribution in [2.45, 2.75) is 11.8 Å². The number of aromatic nitrogens is 1. The number of anilines is 1. The molecule has 0 aliphatic heterocycles. The van der Waals surface area contributed by atoms with E-state index in [-0.39, 0.29) is 16.3 Å². The molecule has 0 saturated carbocycles. The fraction of sp³-hybridized carbons (Fsp3) is 0.0769. The Balaban J connectivity index is 2.30. The van der Waals surface area contributed by atoms with Gasteiger partial charge in [0.15, 0.2) is 0 Å². The summed E-state index contributed by atoms with van der Waals surface area (Å²) in [5.41, 5.74) is 0.563. The number of aryl methyl sites for hydroxylation is 1. The number of benzene rings is 1. The van der Waals surface area contributed by atoms with E-state index < -0.39 is 21.9 Å². The topological polar surface area (TPSA) is 102 Å². The summed E-state index contributed by atoms with van der Waals surface area (Å²) in [5.74, 6) is -1.43. The lowest BCUT2D eigenvalue weighted by atomic mass is 10.2. The van der Waals surface area contributed by atoms with Gasteiger partial charge in [-0.05, 0) is 36.8 Å². The Labute approximate surface area is 120 Å². The van der Waals surface area contributed by atoms with Gasteiger partial charge in [0, 0.05) is 5.69 Å². The molecule has 110 valence electrons. The van der Waals surface area contributed by atoms with Gasteiger partial charge in [-0.1, -0.05) is 12.1 Å². The van der Waals surface area contributed by atoms with Crippen molar-refractivity contribution in [1.82, 2.24) is 4.98 Å². The number of amides is 1. The maximum absolute atomic E-state index is 13.0. The second kappa shape index (κ2) is 5.58. The first-order valence-corrected chi connectivity index (χ1v) is 7.39. The van der Waals surface area contributed by atoms with Crippen molar-refractivity contribution in [3.63, 3.8) is 0 Å². The SMILES string of the molecule is Cc1ccc(NC(=O)c2cccc(F)n2)cc1S(N)(=O)=O. The van der Waals surface area contributed by atoms with Gasteiger partial charge in [0.05, 0.1) is 4.90 Å². The second-order valence-electron chi connectivity index (χ2n) is 4.32. The average Bonchev–Trinajstić information content (AvgIpc) is 2.39. The minimum absolute atomic E-state index is 0.0903. The van der Waals surface area contributed by atoms with Crippen LogP contribution in [-0.2, 0) is 10.0 Å². The minimum atomic E-state index is -3.89. The molecule has 6 nitrogen and oxygen atoms in total. The fourth-order valence-electron chi connectivity index (χ4n) is 1.71. The van der Waals surface area contributed by atoms with Gasteiger partial charge in [-0.2, -0.15) is 4.39 Å². The second-order valence-corrected chi connectivity index (χ2v) is 5.85. The molecule has 1 aromatic heterocycles. The molecule has 0 aliphatic carbocycles. The standard InChI is InChI=1S/C13H12FN3O3S/c1-8-5-6-9(7-11(8)21(15,19)20)16-13(18)10-3-2-4-12(14)17-10/h2-7H,1H3,(H,16,18)(H2,15,19,20). The molecular formula is C13H12FN3O3S. The lowest BCUT2D eigenvalue weighted by Crippen LogP contribution is -2.17. The Morgan fingerprint density at radius 3 is 2.62 bits per heavy atom. The van der Waals surface area contributed by atoms with E-state index in [1.165, 1.54) is 30.3 Å². The molecule has 1 aromatic carbocycles. The highest BCUT2D eigenvalue weighted by Gasteiger charge is 2.14. The molecule has 3 N–H and O–H groups in total. The van der Waals surface area contributed by atoms with Gasteiger partial charge in [-0.3, -0.25) is 4.79 Å². The summed E-state index contributed by atoms with van der Waals surface area (Å²) in [6, 6.07) is 8.06. The molecule has 0 aliphatic rings.